The van der Waals surface area contributed by atoms with Crippen LogP contribution in [0.5, 0.6) is 0 Å². The second kappa shape index (κ2) is 40.9. The molecular formula is C76H122N12O15. The van der Waals surface area contributed by atoms with Gasteiger partial charge in [0.2, 0.25) is 70.9 Å². The first-order valence-electron chi connectivity index (χ1n) is 36.5. The molecule has 11 atom stereocenters. The zero-order valence-corrected chi connectivity index (χ0v) is 64.7. The van der Waals surface area contributed by atoms with Gasteiger partial charge in [-0.25, -0.2) is 0 Å². The monoisotopic (exact) mass is 1440 g/mol. The minimum atomic E-state index is -1.70. The van der Waals surface area contributed by atoms with Gasteiger partial charge in [0.15, 0.2) is 0 Å². The highest BCUT2D eigenvalue weighted by atomic mass is 16.5. The predicted octanol–water partition coefficient (Wildman–Crippen LogP) is 3.26. The van der Waals surface area contributed by atoms with E-state index in [-0.39, 0.29) is 81.8 Å². The molecule has 2 aromatic carbocycles. The highest BCUT2D eigenvalue weighted by Gasteiger charge is 2.44. The fraction of sp³-hybridized carbons (Fsp3) is 0.684. The van der Waals surface area contributed by atoms with Gasteiger partial charge in [-0.2, -0.15) is 0 Å². The third-order valence-corrected chi connectivity index (χ3v) is 19.4. The summed E-state index contributed by atoms with van der Waals surface area (Å²) in [5.41, 5.74) is 0.402. The number of benzene rings is 2. The van der Waals surface area contributed by atoms with Gasteiger partial charge in [0.1, 0.15) is 60.4 Å². The van der Waals surface area contributed by atoms with Crippen LogP contribution in [0.25, 0.3) is 0 Å². The maximum atomic E-state index is 15.6. The summed E-state index contributed by atoms with van der Waals surface area (Å²) in [7, 11) is 9.67. The van der Waals surface area contributed by atoms with Crippen LogP contribution in [-0.2, 0) is 75.1 Å². The Labute approximate surface area is 611 Å². The van der Waals surface area contributed by atoms with Crippen molar-refractivity contribution in [2.24, 2.45) is 29.1 Å². The molecule has 0 bridgehead atoms. The molecule has 576 valence electrons. The second-order valence-corrected chi connectivity index (χ2v) is 30.7. The Balaban J connectivity index is 2.02. The average molecular weight is 1440 g/mol. The molecule has 2 aliphatic heterocycles. The molecule has 0 radical (unpaired) electrons. The van der Waals surface area contributed by atoms with Gasteiger partial charge in [0.25, 0.3) is 0 Å². The van der Waals surface area contributed by atoms with E-state index in [9.17, 15) is 43.8 Å². The van der Waals surface area contributed by atoms with Gasteiger partial charge in [-0.15, -0.1) is 0 Å². The van der Waals surface area contributed by atoms with Crippen LogP contribution < -0.4 is 21.3 Å². The van der Waals surface area contributed by atoms with Crippen molar-refractivity contribution in [3.05, 3.63) is 71.8 Å². The quantitative estimate of drug-likeness (QED) is 0.111. The molecule has 12 amide bonds. The van der Waals surface area contributed by atoms with Crippen molar-refractivity contribution in [2.75, 3.05) is 88.8 Å². The Morgan fingerprint density at radius 1 is 0.495 bits per heavy atom. The number of nitrogens with zero attached hydrogens (tertiary/aromatic N) is 8. The van der Waals surface area contributed by atoms with Crippen LogP contribution in [0.15, 0.2) is 60.7 Å². The van der Waals surface area contributed by atoms with Gasteiger partial charge in [-0.05, 0) is 93.1 Å². The van der Waals surface area contributed by atoms with Gasteiger partial charge in [0, 0.05) is 80.7 Å². The maximum absolute atomic E-state index is 15.6. The fourth-order valence-corrected chi connectivity index (χ4v) is 13.0. The highest BCUT2D eigenvalue weighted by molar-refractivity contribution is 6.00. The number of nitrogens with one attached hydrogen (secondary N) is 4. The number of piperidine rings is 1. The smallest absolute Gasteiger partial charge is 0.248 e. The zero-order chi connectivity index (χ0) is 77.5. The van der Waals surface area contributed by atoms with Crippen LogP contribution >= 0.6 is 0 Å². The normalized spacial score (nSPS) is 24.8. The first kappa shape index (κ1) is 87.4. The Hall–Kier alpha value is -8.04. The summed E-state index contributed by atoms with van der Waals surface area (Å²) in [4.78, 5) is 190. The van der Waals surface area contributed by atoms with E-state index in [1.807, 2.05) is 55.4 Å². The van der Waals surface area contributed by atoms with E-state index in [2.05, 4.69) is 21.3 Å². The number of likely N-dealkylation sites (tertiary alicyclic amines) is 1. The minimum absolute atomic E-state index is 0.0107. The largest absolute Gasteiger partial charge is 0.396 e. The summed E-state index contributed by atoms with van der Waals surface area (Å²) in [5.74, 6) is -9.86. The molecule has 6 N–H and O–H groups in total. The van der Waals surface area contributed by atoms with Crippen LogP contribution in [0.2, 0.25) is 0 Å². The lowest BCUT2D eigenvalue weighted by atomic mass is 9.96. The highest BCUT2D eigenvalue weighted by Crippen LogP contribution is 2.24. The number of carbonyl (C=O) groups is 12. The molecule has 1 unspecified atom stereocenters. The number of aliphatic hydroxyl groups is 2. The van der Waals surface area contributed by atoms with Crippen molar-refractivity contribution < 1.29 is 72.5 Å². The Bertz CT molecular complexity index is 3160. The maximum Gasteiger partial charge on any atom is 0.248 e. The second-order valence-electron chi connectivity index (χ2n) is 30.7. The molecule has 0 aliphatic carbocycles. The van der Waals surface area contributed by atoms with Gasteiger partial charge in [0.05, 0.1) is 38.9 Å². The molecule has 0 saturated carbocycles. The Morgan fingerprint density at radius 2 is 0.913 bits per heavy atom. The molecule has 27 heteroatoms. The minimum Gasteiger partial charge on any atom is -0.396 e. The number of carbonyl (C=O) groups excluding carboxylic acids is 12. The number of aliphatic hydroxyl groups excluding tert-OH is 2. The number of hydrogen-bond acceptors (Lipinski definition) is 15. The summed E-state index contributed by atoms with van der Waals surface area (Å²) in [6.45, 7) is 20.3. The predicted molar refractivity (Wildman–Crippen MR) is 392 cm³/mol. The summed E-state index contributed by atoms with van der Waals surface area (Å²) >= 11 is 0. The van der Waals surface area contributed by atoms with Crippen LogP contribution in [0, 0.1) is 29.1 Å². The van der Waals surface area contributed by atoms with E-state index in [0.717, 1.165) is 21.1 Å². The van der Waals surface area contributed by atoms with Crippen molar-refractivity contribution in [1.29, 1.82) is 0 Å². The van der Waals surface area contributed by atoms with E-state index < -0.39 is 162 Å². The van der Waals surface area contributed by atoms with Crippen molar-refractivity contribution >= 4 is 70.9 Å². The summed E-state index contributed by atoms with van der Waals surface area (Å²) in [5, 5.41) is 32.8. The van der Waals surface area contributed by atoms with Crippen molar-refractivity contribution in [1.82, 2.24) is 60.5 Å². The molecule has 27 nitrogen and oxygen atoms in total. The van der Waals surface area contributed by atoms with Crippen molar-refractivity contribution in [3.63, 3.8) is 0 Å². The molecule has 103 heavy (non-hydrogen) atoms. The van der Waals surface area contributed by atoms with Gasteiger partial charge in [-0.3, -0.25) is 57.5 Å². The van der Waals surface area contributed by atoms with Gasteiger partial charge < -0.3 is 75.4 Å². The summed E-state index contributed by atoms with van der Waals surface area (Å²) in [6.07, 6.45) is 0.0922. The van der Waals surface area contributed by atoms with Crippen LogP contribution in [-0.4, -0.2) is 276 Å². The van der Waals surface area contributed by atoms with E-state index >= 15 is 24.0 Å². The molecule has 2 fully saturated rings. The van der Waals surface area contributed by atoms with Gasteiger partial charge in [-0.1, -0.05) is 137 Å². The molecule has 0 spiro atoms. The van der Waals surface area contributed by atoms with E-state index in [1.54, 1.807) is 86.3 Å². The number of hydrogen-bond donors (Lipinski definition) is 6. The Morgan fingerprint density at radius 3 is 1.42 bits per heavy atom. The van der Waals surface area contributed by atoms with Crippen LogP contribution in [0.4, 0.5) is 0 Å². The third-order valence-electron chi connectivity index (χ3n) is 19.4. The lowest BCUT2D eigenvalue weighted by Crippen LogP contribution is -2.62. The number of rotatable bonds is 20. The molecule has 2 aromatic rings. The topological polar surface area (TPSA) is 329 Å². The lowest BCUT2D eigenvalue weighted by molar-refractivity contribution is -0.152. The molecule has 2 heterocycles. The zero-order valence-electron chi connectivity index (χ0n) is 64.7. The number of amides is 12. The van der Waals surface area contributed by atoms with Gasteiger partial charge >= 0.3 is 0 Å². The molecule has 0 aromatic heterocycles. The molecular weight excluding hydrogens is 1320 g/mol. The summed E-state index contributed by atoms with van der Waals surface area (Å²) < 4.78 is 6.17. The molecule has 4 rings (SSSR count). The summed E-state index contributed by atoms with van der Waals surface area (Å²) in [6, 6.07) is 3.74. The van der Waals surface area contributed by atoms with Crippen molar-refractivity contribution in [2.45, 2.75) is 220 Å². The third kappa shape index (κ3) is 25.7. The molecule has 2 aliphatic rings. The first-order valence-corrected chi connectivity index (χ1v) is 36.5. The van der Waals surface area contributed by atoms with E-state index in [4.69, 9.17) is 4.74 Å². The van der Waals surface area contributed by atoms with Crippen LogP contribution in [0.1, 0.15) is 152 Å². The molecule has 2 saturated heterocycles. The SMILES string of the molecule is CC[C@H]1C(=O)N[C@@H](CC(C)C)C(=O)N(C)[C@@H](CC(C)C)C(=O)N(C)[C@@H](Cc2ccccc2)C(=O)NC(COCC(C)(C)CO)C(=O)N(C)[C@@H](Cc2ccccc2)C(=O)N(C)[C@@H](CC(C)C)C(=O)N[C@@H]([C@@H](C)O)C(=O)N(C)CC(=O)N(C)[C@@H](CC(C)C)C(=O)N[C@H](C(=O)N2CCCCC2)CC(=O)N1C. The lowest BCUT2D eigenvalue weighted by Gasteiger charge is -2.38. The van der Waals surface area contributed by atoms with Crippen molar-refractivity contribution in [3.8, 4) is 0 Å². The van der Waals surface area contributed by atoms with Crippen LogP contribution in [0.3, 0.4) is 0 Å². The fourth-order valence-electron chi connectivity index (χ4n) is 13.0. The number of ether oxygens (including phenoxy) is 1. The Kier molecular flexibility index (Phi) is 34.7. The van der Waals surface area contributed by atoms with E-state index in [0.29, 0.717) is 37.1 Å². The van der Waals surface area contributed by atoms with E-state index in [1.165, 1.54) is 75.9 Å². The number of likely N-dealkylation sites (N-methyl/N-ethyl adjacent to an activating group) is 7. The standard InChI is InChI=1S/C76H122N12O15/c1-20-57-66(93)77-54(36-47(2)3)70(97)86(18)61(39-50(8)9)73(100)85(17)60(40-52-30-24-21-25-31-52)68(95)79-56(44-103-46-76(11,12)45-89)71(98)87(19)62(41-53-32-26-22-27-33-53)74(101)84(16)59(38-49(6)7)69(96)80-65(51(10)90)75(102)81(13)43-64(92)83(15)58(37-48(4)5)67(94)78-55(42-63(91)82(57)14)72(99)88-34-28-23-29-35-88/h21-22,24-27,30-33,47-51,54-62,65,89-90H,20,23,28-29,34-46H2,1-19H3,(H,77,93)(H,78,94)(H,79,95)(H,80,96)/t51-,54+,55+,56?,57+,58+,59+,60+,61+,62+,65+/m1/s1. The average Bonchev–Trinajstić information content (AvgIpc) is 0.820. The first-order chi connectivity index (χ1) is 48.3.